The average Bonchev–Trinajstić information content (AvgIpc) is 2.51. The number of aryl methyl sites for hydroxylation is 3. The van der Waals surface area contributed by atoms with Crippen LogP contribution in [0.5, 0.6) is 0 Å². The number of anilines is 2. The predicted molar refractivity (Wildman–Crippen MR) is 89.0 cm³/mol. The molecule has 2 aromatic carbocycles. The Labute approximate surface area is 130 Å². The molecule has 0 radical (unpaired) electrons. The van der Waals surface area contributed by atoms with E-state index >= 15 is 0 Å². The lowest BCUT2D eigenvalue weighted by Gasteiger charge is -2.10. The van der Waals surface area contributed by atoms with Crippen LogP contribution in [0.25, 0.3) is 0 Å². The topological polar surface area (TPSA) is 58.2 Å². The standard InChI is InChI=1S/C18H20N2O2/c1-4-14-7-5-6-8-16(14)20-18(22)17(21)19-15-10-9-12(2)13(3)11-15/h5-11H,4H2,1-3H3,(H,19,21)(H,20,22). The fraction of sp³-hybridized carbons (Fsp3) is 0.222. The molecule has 2 aromatic rings. The second-order valence-electron chi connectivity index (χ2n) is 5.22. The lowest BCUT2D eigenvalue weighted by atomic mass is 10.1. The highest BCUT2D eigenvalue weighted by molar-refractivity contribution is 6.43. The fourth-order valence-electron chi connectivity index (χ4n) is 2.14. The van der Waals surface area contributed by atoms with Gasteiger partial charge in [-0.2, -0.15) is 0 Å². The first-order valence-corrected chi connectivity index (χ1v) is 7.28. The predicted octanol–water partition coefficient (Wildman–Crippen LogP) is 3.44. The van der Waals surface area contributed by atoms with Gasteiger partial charge in [0.1, 0.15) is 0 Å². The molecular weight excluding hydrogens is 276 g/mol. The minimum Gasteiger partial charge on any atom is -0.318 e. The van der Waals surface area contributed by atoms with E-state index in [4.69, 9.17) is 0 Å². The summed E-state index contributed by atoms with van der Waals surface area (Å²) >= 11 is 0. The number of benzene rings is 2. The minimum atomic E-state index is -0.672. The molecule has 0 unspecified atom stereocenters. The number of nitrogens with one attached hydrogen (secondary N) is 2. The molecule has 0 bridgehead atoms. The van der Waals surface area contributed by atoms with Crippen LogP contribution in [0.4, 0.5) is 11.4 Å². The number of para-hydroxylation sites is 1. The zero-order valence-electron chi connectivity index (χ0n) is 13.1. The molecule has 0 saturated heterocycles. The van der Waals surface area contributed by atoms with Crippen LogP contribution in [-0.4, -0.2) is 11.8 Å². The van der Waals surface area contributed by atoms with Crippen molar-refractivity contribution in [3.8, 4) is 0 Å². The fourth-order valence-corrected chi connectivity index (χ4v) is 2.14. The SMILES string of the molecule is CCc1ccccc1NC(=O)C(=O)Nc1ccc(C)c(C)c1. The number of carbonyl (C=O) groups is 2. The van der Waals surface area contributed by atoms with Gasteiger partial charge in [0.2, 0.25) is 0 Å². The van der Waals surface area contributed by atoms with Crippen LogP contribution in [0, 0.1) is 13.8 Å². The summed E-state index contributed by atoms with van der Waals surface area (Å²) in [5.74, 6) is -1.34. The Hall–Kier alpha value is -2.62. The van der Waals surface area contributed by atoms with E-state index in [0.29, 0.717) is 11.4 Å². The molecule has 4 nitrogen and oxygen atoms in total. The summed E-state index contributed by atoms with van der Waals surface area (Å²) in [4.78, 5) is 24.0. The van der Waals surface area contributed by atoms with Gasteiger partial charge in [-0.15, -0.1) is 0 Å². The number of rotatable bonds is 3. The van der Waals surface area contributed by atoms with E-state index in [1.165, 1.54) is 0 Å². The van der Waals surface area contributed by atoms with E-state index in [1.54, 1.807) is 12.1 Å². The van der Waals surface area contributed by atoms with Crippen LogP contribution < -0.4 is 10.6 Å². The highest BCUT2D eigenvalue weighted by atomic mass is 16.2. The van der Waals surface area contributed by atoms with Gasteiger partial charge in [0, 0.05) is 11.4 Å². The van der Waals surface area contributed by atoms with Gasteiger partial charge in [0.15, 0.2) is 0 Å². The summed E-state index contributed by atoms with van der Waals surface area (Å²) in [5.41, 5.74) is 4.49. The summed E-state index contributed by atoms with van der Waals surface area (Å²) in [6.07, 6.45) is 0.787. The van der Waals surface area contributed by atoms with E-state index in [-0.39, 0.29) is 0 Å². The normalized spacial score (nSPS) is 10.1. The van der Waals surface area contributed by atoms with E-state index in [0.717, 1.165) is 23.1 Å². The maximum Gasteiger partial charge on any atom is 0.314 e. The van der Waals surface area contributed by atoms with E-state index in [9.17, 15) is 9.59 Å². The molecule has 22 heavy (non-hydrogen) atoms. The van der Waals surface area contributed by atoms with E-state index in [1.807, 2.05) is 51.1 Å². The first-order chi connectivity index (χ1) is 10.5. The van der Waals surface area contributed by atoms with Crippen molar-refractivity contribution in [2.75, 3.05) is 10.6 Å². The Balaban J connectivity index is 2.06. The lowest BCUT2D eigenvalue weighted by molar-refractivity contribution is -0.133. The zero-order chi connectivity index (χ0) is 16.1. The van der Waals surface area contributed by atoms with E-state index < -0.39 is 11.8 Å². The van der Waals surface area contributed by atoms with Crippen LogP contribution in [-0.2, 0) is 16.0 Å². The van der Waals surface area contributed by atoms with E-state index in [2.05, 4.69) is 10.6 Å². The number of hydrogen-bond acceptors (Lipinski definition) is 2. The Kier molecular flexibility index (Phi) is 4.94. The molecule has 2 N–H and O–H groups in total. The third kappa shape index (κ3) is 3.73. The van der Waals surface area contributed by atoms with Crippen molar-refractivity contribution in [2.45, 2.75) is 27.2 Å². The summed E-state index contributed by atoms with van der Waals surface area (Å²) in [7, 11) is 0. The van der Waals surface area contributed by atoms with Gasteiger partial charge in [-0.05, 0) is 55.2 Å². The molecule has 114 valence electrons. The molecule has 2 amide bonds. The number of amides is 2. The van der Waals surface area contributed by atoms with Crippen LogP contribution in [0.15, 0.2) is 42.5 Å². The maximum atomic E-state index is 12.0. The maximum absolute atomic E-state index is 12.0. The molecule has 0 spiro atoms. The highest BCUT2D eigenvalue weighted by Gasteiger charge is 2.15. The first-order valence-electron chi connectivity index (χ1n) is 7.28. The summed E-state index contributed by atoms with van der Waals surface area (Å²) in [6.45, 7) is 5.96. The smallest absolute Gasteiger partial charge is 0.314 e. The van der Waals surface area contributed by atoms with Crippen molar-refractivity contribution in [2.24, 2.45) is 0 Å². The summed E-state index contributed by atoms with van der Waals surface area (Å²) in [5, 5.41) is 5.27. The van der Waals surface area contributed by atoms with Gasteiger partial charge in [-0.1, -0.05) is 31.2 Å². The Morgan fingerprint density at radius 1 is 0.909 bits per heavy atom. The molecular formula is C18H20N2O2. The van der Waals surface area contributed by atoms with Gasteiger partial charge in [-0.3, -0.25) is 9.59 Å². The monoisotopic (exact) mass is 296 g/mol. The van der Waals surface area contributed by atoms with Gasteiger partial charge >= 0.3 is 11.8 Å². The molecule has 0 saturated carbocycles. The van der Waals surface area contributed by atoms with Gasteiger partial charge < -0.3 is 10.6 Å². The Bertz CT molecular complexity index is 708. The Morgan fingerprint density at radius 3 is 2.27 bits per heavy atom. The lowest BCUT2D eigenvalue weighted by Crippen LogP contribution is -2.29. The van der Waals surface area contributed by atoms with Crippen molar-refractivity contribution in [3.63, 3.8) is 0 Å². The molecule has 2 rings (SSSR count). The third-order valence-corrected chi connectivity index (χ3v) is 3.62. The molecule has 0 aromatic heterocycles. The quantitative estimate of drug-likeness (QED) is 0.852. The molecule has 0 aliphatic rings. The molecule has 0 aliphatic carbocycles. The van der Waals surface area contributed by atoms with Crippen molar-refractivity contribution in [1.29, 1.82) is 0 Å². The zero-order valence-corrected chi connectivity index (χ0v) is 13.1. The van der Waals surface area contributed by atoms with Crippen molar-refractivity contribution in [3.05, 3.63) is 59.2 Å². The minimum absolute atomic E-state index is 0.618. The molecule has 0 aliphatic heterocycles. The largest absolute Gasteiger partial charge is 0.318 e. The van der Waals surface area contributed by atoms with Crippen LogP contribution in [0.1, 0.15) is 23.6 Å². The summed E-state index contributed by atoms with van der Waals surface area (Å²) < 4.78 is 0. The highest BCUT2D eigenvalue weighted by Crippen LogP contribution is 2.16. The summed E-state index contributed by atoms with van der Waals surface area (Å²) in [6, 6.07) is 13.0. The average molecular weight is 296 g/mol. The van der Waals surface area contributed by atoms with Crippen molar-refractivity contribution in [1.82, 2.24) is 0 Å². The number of carbonyl (C=O) groups excluding carboxylic acids is 2. The van der Waals surface area contributed by atoms with Gasteiger partial charge in [-0.25, -0.2) is 0 Å². The first kappa shape index (κ1) is 15.8. The second-order valence-corrected chi connectivity index (χ2v) is 5.22. The van der Waals surface area contributed by atoms with Crippen LogP contribution in [0.3, 0.4) is 0 Å². The van der Waals surface area contributed by atoms with Crippen LogP contribution >= 0.6 is 0 Å². The second kappa shape index (κ2) is 6.89. The molecule has 4 heteroatoms. The van der Waals surface area contributed by atoms with Crippen molar-refractivity contribution >= 4 is 23.2 Å². The molecule has 0 heterocycles. The van der Waals surface area contributed by atoms with Crippen LogP contribution in [0.2, 0.25) is 0 Å². The molecule has 0 fully saturated rings. The van der Waals surface area contributed by atoms with Crippen molar-refractivity contribution < 1.29 is 9.59 Å². The Morgan fingerprint density at radius 2 is 1.59 bits per heavy atom. The van der Waals surface area contributed by atoms with Gasteiger partial charge in [0.05, 0.1) is 0 Å². The number of hydrogen-bond donors (Lipinski definition) is 2. The third-order valence-electron chi connectivity index (χ3n) is 3.62. The molecule has 0 atom stereocenters. The van der Waals surface area contributed by atoms with Gasteiger partial charge in [0.25, 0.3) is 0 Å².